The van der Waals surface area contributed by atoms with Crippen molar-refractivity contribution in [3.05, 3.63) is 0 Å². The van der Waals surface area contributed by atoms with Crippen LogP contribution >= 0.6 is 0 Å². The van der Waals surface area contributed by atoms with Crippen LogP contribution in [0, 0.1) is 0 Å². The van der Waals surface area contributed by atoms with Crippen molar-refractivity contribution < 1.29 is 9.53 Å². The van der Waals surface area contributed by atoms with Crippen molar-refractivity contribution >= 4 is 5.91 Å². The Bertz CT molecular complexity index is 219. The molecular formula is C11H22N2O2. The zero-order valence-corrected chi connectivity index (χ0v) is 10.1. The summed E-state index contributed by atoms with van der Waals surface area (Å²) in [7, 11) is 3.54. The van der Waals surface area contributed by atoms with Gasteiger partial charge in [0.15, 0.2) is 0 Å². The maximum atomic E-state index is 11.5. The number of nitrogens with one attached hydrogen (secondary N) is 1. The van der Waals surface area contributed by atoms with E-state index in [1.807, 2.05) is 6.92 Å². The topological polar surface area (TPSA) is 41.6 Å². The molecule has 1 aliphatic heterocycles. The summed E-state index contributed by atoms with van der Waals surface area (Å²) in [6.45, 7) is 4.75. The number of hydrogen-bond acceptors (Lipinski definition) is 3. The van der Waals surface area contributed by atoms with E-state index in [0.717, 1.165) is 19.4 Å². The first-order chi connectivity index (χ1) is 7.00. The molecule has 0 saturated carbocycles. The molecule has 0 bridgehead atoms. The smallest absolute Gasteiger partial charge is 0.238 e. The van der Waals surface area contributed by atoms with Crippen LogP contribution in [-0.2, 0) is 9.53 Å². The van der Waals surface area contributed by atoms with Gasteiger partial charge in [-0.2, -0.15) is 0 Å². The van der Waals surface area contributed by atoms with Crippen LogP contribution in [-0.4, -0.2) is 49.7 Å². The zero-order valence-electron chi connectivity index (χ0n) is 10.1. The van der Waals surface area contributed by atoms with Crippen molar-refractivity contribution in [1.82, 2.24) is 10.2 Å². The largest absolute Gasteiger partial charge is 0.374 e. The van der Waals surface area contributed by atoms with Gasteiger partial charge in [-0.25, -0.2) is 0 Å². The average molecular weight is 214 g/mol. The molecule has 88 valence electrons. The van der Waals surface area contributed by atoms with Gasteiger partial charge in [0.1, 0.15) is 0 Å². The highest BCUT2D eigenvalue weighted by Gasteiger charge is 2.23. The second kappa shape index (κ2) is 5.47. The second-order valence-electron chi connectivity index (χ2n) is 4.51. The van der Waals surface area contributed by atoms with Crippen LogP contribution in [0.2, 0.25) is 0 Å². The molecular weight excluding hydrogens is 192 g/mol. The lowest BCUT2D eigenvalue weighted by atomic mass is 10.2. The maximum absolute atomic E-state index is 11.5. The minimum atomic E-state index is -0.125. The number of hydrogen-bond donors (Lipinski definition) is 1. The molecule has 1 aliphatic rings. The van der Waals surface area contributed by atoms with Gasteiger partial charge in [-0.1, -0.05) is 0 Å². The Morgan fingerprint density at radius 2 is 2.20 bits per heavy atom. The molecule has 1 saturated heterocycles. The molecule has 1 amide bonds. The van der Waals surface area contributed by atoms with Gasteiger partial charge in [0.25, 0.3) is 0 Å². The molecule has 15 heavy (non-hydrogen) atoms. The Labute approximate surface area is 92.0 Å². The van der Waals surface area contributed by atoms with Crippen molar-refractivity contribution in [2.75, 3.05) is 20.6 Å². The SMILES string of the molecule is CC1CCC(CNC(C)C(=O)N(C)C)O1. The number of likely N-dealkylation sites (N-methyl/N-ethyl adjacent to an activating group) is 1. The third kappa shape index (κ3) is 3.80. The van der Waals surface area contributed by atoms with Crippen LogP contribution in [0.3, 0.4) is 0 Å². The number of carbonyl (C=O) groups is 1. The monoisotopic (exact) mass is 214 g/mol. The number of nitrogens with zero attached hydrogens (tertiary/aromatic N) is 1. The lowest BCUT2D eigenvalue weighted by Crippen LogP contribution is -2.44. The number of amides is 1. The minimum Gasteiger partial charge on any atom is -0.374 e. The summed E-state index contributed by atoms with van der Waals surface area (Å²) >= 11 is 0. The van der Waals surface area contributed by atoms with Gasteiger partial charge in [0.2, 0.25) is 5.91 Å². The van der Waals surface area contributed by atoms with E-state index in [0.29, 0.717) is 6.10 Å². The van der Waals surface area contributed by atoms with E-state index in [4.69, 9.17) is 4.74 Å². The molecule has 0 aromatic carbocycles. The molecule has 0 aromatic heterocycles. The van der Waals surface area contributed by atoms with E-state index < -0.39 is 0 Å². The quantitative estimate of drug-likeness (QED) is 0.746. The van der Waals surface area contributed by atoms with Crippen molar-refractivity contribution in [3.8, 4) is 0 Å². The Hall–Kier alpha value is -0.610. The van der Waals surface area contributed by atoms with Crippen LogP contribution in [0.4, 0.5) is 0 Å². The first kappa shape index (κ1) is 12.5. The summed E-state index contributed by atoms with van der Waals surface area (Å²) in [5.74, 6) is 0.112. The molecule has 1 N–H and O–H groups in total. The van der Waals surface area contributed by atoms with E-state index >= 15 is 0 Å². The highest BCUT2D eigenvalue weighted by molar-refractivity contribution is 5.80. The Morgan fingerprint density at radius 3 is 2.67 bits per heavy atom. The van der Waals surface area contributed by atoms with Gasteiger partial charge < -0.3 is 15.0 Å². The first-order valence-corrected chi connectivity index (χ1v) is 5.60. The fourth-order valence-corrected chi connectivity index (χ4v) is 1.82. The molecule has 1 heterocycles. The standard InChI is InChI=1S/C11H22N2O2/c1-8-5-6-10(15-8)7-12-9(2)11(14)13(3)4/h8-10,12H,5-7H2,1-4H3. The number of ether oxygens (including phenoxy) is 1. The van der Waals surface area contributed by atoms with Crippen LogP contribution in [0.1, 0.15) is 26.7 Å². The normalized spacial score (nSPS) is 27.7. The molecule has 3 atom stereocenters. The Kier molecular flexibility index (Phi) is 4.54. The predicted molar refractivity (Wildman–Crippen MR) is 59.7 cm³/mol. The fraction of sp³-hybridized carbons (Fsp3) is 0.909. The fourth-order valence-electron chi connectivity index (χ4n) is 1.82. The van der Waals surface area contributed by atoms with Crippen LogP contribution < -0.4 is 5.32 Å². The minimum absolute atomic E-state index is 0.112. The van der Waals surface area contributed by atoms with Crippen molar-refractivity contribution in [1.29, 1.82) is 0 Å². The van der Waals surface area contributed by atoms with Crippen molar-refractivity contribution in [2.24, 2.45) is 0 Å². The molecule has 0 aromatic rings. The molecule has 0 spiro atoms. The predicted octanol–water partition coefficient (Wildman–Crippen LogP) is 0.620. The summed E-state index contributed by atoms with van der Waals surface area (Å²) in [6.07, 6.45) is 2.87. The van der Waals surface area contributed by atoms with Gasteiger partial charge in [-0.3, -0.25) is 4.79 Å². The summed E-state index contributed by atoms with van der Waals surface area (Å²) in [5, 5.41) is 3.21. The van der Waals surface area contributed by atoms with Crippen molar-refractivity contribution in [2.45, 2.75) is 44.9 Å². The third-order valence-electron chi connectivity index (χ3n) is 2.78. The first-order valence-electron chi connectivity index (χ1n) is 5.60. The van der Waals surface area contributed by atoms with Gasteiger partial charge in [-0.15, -0.1) is 0 Å². The Morgan fingerprint density at radius 1 is 1.53 bits per heavy atom. The molecule has 0 aliphatic carbocycles. The van der Waals surface area contributed by atoms with Gasteiger partial charge >= 0.3 is 0 Å². The van der Waals surface area contributed by atoms with E-state index in [2.05, 4.69) is 12.2 Å². The van der Waals surface area contributed by atoms with Crippen LogP contribution in [0.15, 0.2) is 0 Å². The molecule has 1 rings (SSSR count). The van der Waals surface area contributed by atoms with E-state index in [1.165, 1.54) is 0 Å². The van der Waals surface area contributed by atoms with E-state index in [-0.39, 0.29) is 18.1 Å². The summed E-state index contributed by atoms with van der Waals surface area (Å²) < 4.78 is 5.66. The Balaban J connectivity index is 2.22. The highest BCUT2D eigenvalue weighted by Crippen LogP contribution is 2.18. The summed E-state index contributed by atoms with van der Waals surface area (Å²) in [4.78, 5) is 13.1. The molecule has 4 heteroatoms. The molecule has 3 unspecified atom stereocenters. The number of rotatable bonds is 4. The molecule has 4 nitrogen and oxygen atoms in total. The van der Waals surface area contributed by atoms with Crippen LogP contribution in [0.5, 0.6) is 0 Å². The number of carbonyl (C=O) groups excluding carboxylic acids is 1. The third-order valence-corrected chi connectivity index (χ3v) is 2.78. The highest BCUT2D eigenvalue weighted by atomic mass is 16.5. The molecule has 0 radical (unpaired) electrons. The average Bonchev–Trinajstić information content (AvgIpc) is 2.59. The van der Waals surface area contributed by atoms with Crippen molar-refractivity contribution in [3.63, 3.8) is 0 Å². The second-order valence-corrected chi connectivity index (χ2v) is 4.51. The van der Waals surface area contributed by atoms with Gasteiger partial charge in [0.05, 0.1) is 18.2 Å². The lowest BCUT2D eigenvalue weighted by Gasteiger charge is -2.20. The van der Waals surface area contributed by atoms with Gasteiger partial charge in [0, 0.05) is 20.6 Å². The van der Waals surface area contributed by atoms with Gasteiger partial charge in [-0.05, 0) is 26.7 Å². The summed E-state index contributed by atoms with van der Waals surface area (Å²) in [6, 6.07) is -0.125. The maximum Gasteiger partial charge on any atom is 0.238 e. The van der Waals surface area contributed by atoms with E-state index in [9.17, 15) is 4.79 Å². The van der Waals surface area contributed by atoms with E-state index in [1.54, 1.807) is 19.0 Å². The lowest BCUT2D eigenvalue weighted by molar-refractivity contribution is -0.130. The zero-order chi connectivity index (χ0) is 11.4. The molecule has 1 fully saturated rings. The summed E-state index contributed by atoms with van der Waals surface area (Å²) in [5.41, 5.74) is 0. The van der Waals surface area contributed by atoms with Crippen LogP contribution in [0.25, 0.3) is 0 Å².